The maximum Gasteiger partial charge on any atom is 0.300 e. The van der Waals surface area contributed by atoms with Gasteiger partial charge in [0.15, 0.2) is 0 Å². The highest BCUT2D eigenvalue weighted by Crippen LogP contribution is 2.22. The summed E-state index contributed by atoms with van der Waals surface area (Å²) in [5.41, 5.74) is 1.01. The Morgan fingerprint density at radius 1 is 0.944 bits per heavy atom. The highest BCUT2D eigenvalue weighted by molar-refractivity contribution is 7.90. The lowest BCUT2D eigenvalue weighted by atomic mass is 10.2. The predicted octanol–water partition coefficient (Wildman–Crippen LogP) is 2.62. The van der Waals surface area contributed by atoms with Crippen molar-refractivity contribution in [1.82, 2.24) is 0 Å². The Hall–Kier alpha value is -1.22. The normalized spacial score (nSPS) is 12.1. The number of hydrogen-bond acceptors (Lipinski definition) is 3. The first-order valence-electron chi connectivity index (χ1n) is 5.39. The van der Waals surface area contributed by atoms with E-state index < -0.39 is 10.1 Å². The first-order chi connectivity index (χ1) is 8.58. The van der Waals surface area contributed by atoms with E-state index in [1.54, 1.807) is 24.3 Å². The molecule has 18 heavy (non-hydrogen) atoms. The Morgan fingerprint density at radius 3 is 2.17 bits per heavy atom. The van der Waals surface area contributed by atoms with Crippen molar-refractivity contribution < 1.29 is 12.4 Å². The van der Waals surface area contributed by atoms with Gasteiger partial charge in [-0.15, -0.1) is 0 Å². The largest absolute Gasteiger partial charge is 0.300 e. The van der Waals surface area contributed by atoms with Crippen molar-refractivity contribution in [2.45, 2.75) is 11.8 Å². The van der Waals surface area contributed by atoms with Crippen molar-refractivity contribution in [2.24, 2.45) is 0 Å². The number of hydrogen-bond donors (Lipinski definition) is 0. The lowest BCUT2D eigenvalue weighted by Crippen LogP contribution is -2.03. The van der Waals surface area contributed by atoms with Crippen LogP contribution in [0.5, 0.6) is 0 Å². The molecule has 2 aromatic rings. The van der Waals surface area contributed by atoms with Crippen LogP contribution in [-0.4, -0.2) is 8.42 Å². The Labute approximate surface area is 109 Å². The molecule has 0 aliphatic rings. The van der Waals surface area contributed by atoms with Crippen LogP contribution in [0.15, 0.2) is 59.5 Å². The van der Waals surface area contributed by atoms with Crippen molar-refractivity contribution in [3.8, 4) is 0 Å². The minimum absolute atomic E-state index is 0.191. The summed E-state index contributed by atoms with van der Waals surface area (Å²) in [7, 11) is -3.87. The van der Waals surface area contributed by atoms with Gasteiger partial charge in [-0.2, -0.15) is 8.42 Å². The van der Waals surface area contributed by atoms with Crippen LogP contribution >= 0.6 is 8.81 Å². The molecule has 3 nitrogen and oxygen atoms in total. The number of rotatable bonds is 4. The molecule has 0 aliphatic heterocycles. The molecule has 0 saturated carbocycles. The molecule has 1 atom stereocenters. The van der Waals surface area contributed by atoms with Crippen LogP contribution in [0.3, 0.4) is 0 Å². The second kappa shape index (κ2) is 5.61. The van der Waals surface area contributed by atoms with Crippen molar-refractivity contribution >= 4 is 24.2 Å². The number of aryl methyl sites for hydroxylation is 1. The molecular weight excluding hydrogens is 267 g/mol. The van der Waals surface area contributed by atoms with Crippen LogP contribution in [0.4, 0.5) is 0 Å². The molecule has 0 aliphatic carbocycles. The molecule has 2 aromatic carbocycles. The van der Waals surface area contributed by atoms with Gasteiger partial charge in [0.25, 0.3) is 10.1 Å². The molecule has 2 rings (SSSR count). The summed E-state index contributed by atoms with van der Waals surface area (Å²) < 4.78 is 28.8. The molecule has 1 unspecified atom stereocenters. The summed E-state index contributed by atoms with van der Waals surface area (Å²) in [4.78, 5) is 0.191. The third kappa shape index (κ3) is 3.39. The van der Waals surface area contributed by atoms with Gasteiger partial charge in [0.05, 0.1) is 13.7 Å². The van der Waals surface area contributed by atoms with Crippen LogP contribution < -0.4 is 5.30 Å². The van der Waals surface area contributed by atoms with Crippen LogP contribution in [0, 0.1) is 6.92 Å². The molecule has 0 spiro atoms. The summed E-state index contributed by atoms with van der Waals surface area (Å²) in [6.07, 6.45) is 0. The van der Waals surface area contributed by atoms with Crippen molar-refractivity contribution in [2.75, 3.05) is 0 Å². The lowest BCUT2D eigenvalue weighted by molar-refractivity contribution is 0.515. The second-order valence-electron chi connectivity index (χ2n) is 3.82. The quantitative estimate of drug-likeness (QED) is 0.809. The zero-order valence-corrected chi connectivity index (χ0v) is 11.6. The average molecular weight is 280 g/mol. The van der Waals surface area contributed by atoms with E-state index in [2.05, 4.69) is 0 Å². The van der Waals surface area contributed by atoms with E-state index >= 15 is 0 Å². The van der Waals surface area contributed by atoms with Gasteiger partial charge in [-0.3, -0.25) is 0 Å². The highest BCUT2D eigenvalue weighted by Gasteiger charge is 2.14. The van der Waals surface area contributed by atoms with Crippen molar-refractivity contribution in [3.63, 3.8) is 0 Å². The summed E-state index contributed by atoms with van der Waals surface area (Å²) in [5, 5.41) is 0.855. The average Bonchev–Trinajstić information content (AvgIpc) is 2.38. The molecule has 5 heteroatoms. The van der Waals surface area contributed by atoms with Crippen molar-refractivity contribution in [1.29, 1.82) is 0 Å². The molecule has 0 heterocycles. The SMILES string of the molecule is Cc1ccc(S(=O)(=O)OPc2ccccc2)cc1. The van der Waals surface area contributed by atoms with E-state index in [0.717, 1.165) is 10.9 Å². The summed E-state index contributed by atoms with van der Waals surface area (Å²) in [6, 6.07) is 15.9. The summed E-state index contributed by atoms with van der Waals surface area (Å²) >= 11 is 0. The zero-order valence-electron chi connectivity index (χ0n) is 9.83. The van der Waals surface area contributed by atoms with Gasteiger partial charge in [-0.1, -0.05) is 48.0 Å². The molecule has 0 aromatic heterocycles. The molecule has 0 amide bonds. The van der Waals surface area contributed by atoms with Gasteiger partial charge in [0.1, 0.15) is 0 Å². The van der Waals surface area contributed by atoms with Crippen LogP contribution in [-0.2, 0) is 14.1 Å². The fraction of sp³-hybridized carbons (Fsp3) is 0.0769. The smallest absolute Gasteiger partial charge is 0.242 e. The Bertz CT molecular complexity index is 606. The highest BCUT2D eigenvalue weighted by atomic mass is 32.2. The molecule has 0 radical (unpaired) electrons. The monoisotopic (exact) mass is 280 g/mol. The molecule has 94 valence electrons. The van der Waals surface area contributed by atoms with Gasteiger partial charge in [-0.25, -0.2) is 3.97 Å². The van der Waals surface area contributed by atoms with Crippen LogP contribution in [0.2, 0.25) is 0 Å². The molecular formula is C13H13O3PS. The van der Waals surface area contributed by atoms with Crippen LogP contribution in [0.25, 0.3) is 0 Å². The molecule has 0 fully saturated rings. The van der Waals surface area contributed by atoms with Crippen molar-refractivity contribution in [3.05, 3.63) is 60.2 Å². The molecule has 0 N–H and O–H groups in total. The first-order valence-corrected chi connectivity index (χ1v) is 7.71. The Balaban J connectivity index is 2.11. The summed E-state index contributed by atoms with van der Waals surface area (Å²) in [6.45, 7) is 1.91. The molecule has 0 bridgehead atoms. The maximum atomic E-state index is 11.9. The second-order valence-corrected chi connectivity index (χ2v) is 6.65. The third-order valence-electron chi connectivity index (χ3n) is 2.35. The zero-order chi connectivity index (χ0) is 13.0. The van der Waals surface area contributed by atoms with Gasteiger partial charge in [0, 0.05) is 5.30 Å². The fourth-order valence-corrected chi connectivity index (χ4v) is 3.37. The minimum atomic E-state index is -3.66. The maximum absolute atomic E-state index is 11.9. The summed E-state index contributed by atoms with van der Waals surface area (Å²) in [5.74, 6) is 0. The van der Waals surface area contributed by atoms with E-state index in [1.807, 2.05) is 37.3 Å². The van der Waals surface area contributed by atoms with Gasteiger partial charge in [0.2, 0.25) is 0 Å². The Morgan fingerprint density at radius 2 is 1.56 bits per heavy atom. The van der Waals surface area contributed by atoms with E-state index in [1.165, 1.54) is 0 Å². The van der Waals surface area contributed by atoms with Gasteiger partial charge < -0.3 is 0 Å². The van der Waals surface area contributed by atoms with E-state index in [4.69, 9.17) is 3.97 Å². The van der Waals surface area contributed by atoms with Gasteiger partial charge >= 0.3 is 0 Å². The third-order valence-corrected chi connectivity index (χ3v) is 4.98. The van der Waals surface area contributed by atoms with Gasteiger partial charge in [-0.05, 0) is 19.1 Å². The van der Waals surface area contributed by atoms with E-state index in [9.17, 15) is 8.42 Å². The van der Waals surface area contributed by atoms with Crippen LogP contribution in [0.1, 0.15) is 5.56 Å². The molecule has 0 saturated heterocycles. The lowest BCUT2D eigenvalue weighted by Gasteiger charge is -2.05. The standard InChI is InChI=1S/C13H13O3PS/c1-11-7-9-13(10-8-11)18(14,15)16-17-12-5-3-2-4-6-12/h2-10,17H,1H3. The topological polar surface area (TPSA) is 43.4 Å². The predicted molar refractivity (Wildman–Crippen MR) is 73.8 cm³/mol. The fourth-order valence-electron chi connectivity index (χ4n) is 1.36. The van der Waals surface area contributed by atoms with E-state index in [-0.39, 0.29) is 13.7 Å². The minimum Gasteiger partial charge on any atom is -0.242 e. The first kappa shape index (κ1) is 13.2. The van der Waals surface area contributed by atoms with E-state index in [0.29, 0.717) is 0 Å². The Kier molecular flexibility index (Phi) is 4.12. The number of benzene rings is 2.